The number of benzene rings is 2. The van der Waals surface area contributed by atoms with Crippen LogP contribution in [-0.2, 0) is 9.53 Å². The zero-order chi connectivity index (χ0) is 21.7. The van der Waals surface area contributed by atoms with E-state index in [0.717, 1.165) is 0 Å². The summed E-state index contributed by atoms with van der Waals surface area (Å²) in [5.41, 5.74) is 1.45. The van der Waals surface area contributed by atoms with Gasteiger partial charge in [0.1, 0.15) is 5.56 Å². The number of pyridine rings is 1. The highest BCUT2D eigenvalue weighted by atomic mass is 16.6. The van der Waals surface area contributed by atoms with Crippen molar-refractivity contribution in [2.75, 3.05) is 6.61 Å². The first-order valence-corrected chi connectivity index (χ1v) is 9.11. The lowest BCUT2D eigenvalue weighted by molar-refractivity contribution is -0.384. The van der Waals surface area contributed by atoms with Gasteiger partial charge < -0.3 is 9.47 Å². The largest absolute Gasteiger partial charge is 0.462 e. The van der Waals surface area contributed by atoms with Gasteiger partial charge in [-0.1, -0.05) is 18.2 Å². The molecule has 30 heavy (non-hydrogen) atoms. The molecule has 3 rings (SSSR count). The molecule has 1 heterocycles. The van der Waals surface area contributed by atoms with Gasteiger partial charge in [-0.3, -0.25) is 14.9 Å². The second kappa shape index (κ2) is 8.95. The molecule has 0 spiro atoms. The Balaban J connectivity index is 2.16. The molecule has 0 bridgehead atoms. The number of nitrogens with zero attached hydrogens (tertiary/aromatic N) is 2. The lowest BCUT2D eigenvalue weighted by Gasteiger charge is -2.14. The lowest BCUT2D eigenvalue weighted by atomic mass is 10.1. The summed E-state index contributed by atoms with van der Waals surface area (Å²) in [7, 11) is 0. The van der Waals surface area contributed by atoms with E-state index in [1.807, 2.05) is 0 Å². The molecular formula is C22H18N2O6. The third-order valence-electron chi connectivity index (χ3n) is 4.14. The van der Waals surface area contributed by atoms with Crippen LogP contribution in [-0.4, -0.2) is 28.5 Å². The Morgan fingerprint density at radius 3 is 2.43 bits per heavy atom. The molecule has 1 aromatic heterocycles. The van der Waals surface area contributed by atoms with Crippen molar-refractivity contribution in [2.24, 2.45) is 0 Å². The standard InChI is InChI=1S/C22H18N2O6/c1-3-29-22(26)20-19(13-10-15-8-11-16(12-9-15)24(27)28)23-18-7-5-4-6-17(18)21(20)30-14(2)25/h4-13H,3H2,1-2H3. The summed E-state index contributed by atoms with van der Waals surface area (Å²) < 4.78 is 10.5. The topological polar surface area (TPSA) is 109 Å². The minimum Gasteiger partial charge on any atom is -0.462 e. The molecule has 0 N–H and O–H groups in total. The van der Waals surface area contributed by atoms with Gasteiger partial charge in [0.05, 0.1) is 22.7 Å². The van der Waals surface area contributed by atoms with E-state index in [9.17, 15) is 19.7 Å². The summed E-state index contributed by atoms with van der Waals surface area (Å²) in [5, 5.41) is 11.3. The molecule has 0 aliphatic carbocycles. The third-order valence-corrected chi connectivity index (χ3v) is 4.14. The van der Waals surface area contributed by atoms with Crippen LogP contribution in [0.1, 0.15) is 35.5 Å². The van der Waals surface area contributed by atoms with E-state index in [1.165, 1.54) is 19.1 Å². The molecule has 8 heteroatoms. The zero-order valence-corrected chi connectivity index (χ0v) is 16.3. The summed E-state index contributed by atoms with van der Waals surface area (Å²) >= 11 is 0. The van der Waals surface area contributed by atoms with Crippen molar-refractivity contribution >= 4 is 40.7 Å². The fourth-order valence-electron chi connectivity index (χ4n) is 2.85. The average molecular weight is 406 g/mol. The van der Waals surface area contributed by atoms with Gasteiger partial charge >= 0.3 is 11.9 Å². The Labute approximate surface area is 171 Å². The summed E-state index contributed by atoms with van der Waals surface area (Å²) in [6, 6.07) is 12.9. The number of hydrogen-bond acceptors (Lipinski definition) is 7. The van der Waals surface area contributed by atoms with Gasteiger partial charge in [-0.05, 0) is 42.8 Å². The summed E-state index contributed by atoms with van der Waals surface area (Å²) in [5.74, 6) is -1.17. The van der Waals surface area contributed by atoms with Crippen molar-refractivity contribution in [1.29, 1.82) is 0 Å². The number of rotatable bonds is 6. The van der Waals surface area contributed by atoms with Crippen LogP contribution in [0.2, 0.25) is 0 Å². The molecule has 0 aliphatic heterocycles. The number of non-ortho nitro benzene ring substituents is 1. The van der Waals surface area contributed by atoms with Gasteiger partial charge in [-0.2, -0.15) is 0 Å². The van der Waals surface area contributed by atoms with E-state index in [2.05, 4.69) is 4.98 Å². The van der Waals surface area contributed by atoms with Crippen LogP contribution in [0.4, 0.5) is 5.69 Å². The van der Waals surface area contributed by atoms with Crippen molar-refractivity contribution in [3.63, 3.8) is 0 Å². The van der Waals surface area contributed by atoms with Crippen LogP contribution in [0.15, 0.2) is 48.5 Å². The van der Waals surface area contributed by atoms with Crippen molar-refractivity contribution in [2.45, 2.75) is 13.8 Å². The fourth-order valence-corrected chi connectivity index (χ4v) is 2.85. The van der Waals surface area contributed by atoms with Crippen LogP contribution in [0, 0.1) is 10.1 Å². The van der Waals surface area contributed by atoms with Crippen LogP contribution in [0.5, 0.6) is 5.75 Å². The monoisotopic (exact) mass is 406 g/mol. The van der Waals surface area contributed by atoms with Crippen molar-refractivity contribution in [3.8, 4) is 5.75 Å². The number of carbonyl (C=O) groups excluding carboxylic acids is 2. The summed E-state index contributed by atoms with van der Waals surface area (Å²) in [6.07, 6.45) is 3.23. The molecule has 0 radical (unpaired) electrons. The van der Waals surface area contributed by atoms with E-state index in [-0.39, 0.29) is 29.3 Å². The van der Waals surface area contributed by atoms with Gasteiger partial charge in [-0.25, -0.2) is 9.78 Å². The maximum atomic E-state index is 12.7. The Kier molecular flexibility index (Phi) is 6.17. The molecule has 0 unspecified atom stereocenters. The highest BCUT2D eigenvalue weighted by Crippen LogP contribution is 2.33. The van der Waals surface area contributed by atoms with Crippen molar-refractivity contribution in [1.82, 2.24) is 4.98 Å². The molecule has 3 aromatic rings. The second-order valence-electron chi connectivity index (χ2n) is 6.21. The van der Waals surface area contributed by atoms with E-state index in [0.29, 0.717) is 16.5 Å². The van der Waals surface area contributed by atoms with E-state index >= 15 is 0 Å². The number of para-hydroxylation sites is 1. The van der Waals surface area contributed by atoms with E-state index in [1.54, 1.807) is 55.5 Å². The number of ether oxygens (including phenoxy) is 2. The van der Waals surface area contributed by atoms with Gasteiger partial charge in [-0.15, -0.1) is 0 Å². The molecule has 0 fully saturated rings. The number of aromatic nitrogens is 1. The average Bonchev–Trinajstić information content (AvgIpc) is 2.72. The van der Waals surface area contributed by atoms with Crippen LogP contribution in [0.3, 0.4) is 0 Å². The third kappa shape index (κ3) is 4.49. The van der Waals surface area contributed by atoms with Gasteiger partial charge in [0.25, 0.3) is 5.69 Å². The predicted molar refractivity (Wildman–Crippen MR) is 111 cm³/mol. The van der Waals surface area contributed by atoms with Gasteiger partial charge in [0.15, 0.2) is 5.75 Å². The zero-order valence-electron chi connectivity index (χ0n) is 16.3. The quantitative estimate of drug-likeness (QED) is 0.339. The highest BCUT2D eigenvalue weighted by molar-refractivity contribution is 6.04. The Morgan fingerprint density at radius 1 is 1.10 bits per heavy atom. The maximum Gasteiger partial charge on any atom is 0.344 e. The number of nitro groups is 1. The summed E-state index contributed by atoms with van der Waals surface area (Å²) in [6.45, 7) is 3.05. The van der Waals surface area contributed by atoms with Crippen molar-refractivity contribution < 1.29 is 24.0 Å². The highest BCUT2D eigenvalue weighted by Gasteiger charge is 2.23. The Morgan fingerprint density at radius 2 is 1.80 bits per heavy atom. The van der Waals surface area contributed by atoms with Crippen LogP contribution >= 0.6 is 0 Å². The number of esters is 2. The minimum absolute atomic E-state index is 0.0275. The SMILES string of the molecule is CCOC(=O)c1c(C=Cc2ccc([N+](=O)[O-])cc2)nc2ccccc2c1OC(C)=O. The Hall–Kier alpha value is -4.07. The van der Waals surface area contributed by atoms with Crippen LogP contribution < -0.4 is 4.74 Å². The van der Waals surface area contributed by atoms with E-state index in [4.69, 9.17) is 9.47 Å². The number of fused-ring (bicyclic) bond motifs is 1. The first-order valence-electron chi connectivity index (χ1n) is 9.11. The predicted octanol–water partition coefficient (Wildman–Crippen LogP) is 4.42. The van der Waals surface area contributed by atoms with Crippen molar-refractivity contribution in [3.05, 3.63) is 75.5 Å². The number of carbonyl (C=O) groups is 2. The van der Waals surface area contributed by atoms with Gasteiger partial charge in [0, 0.05) is 24.4 Å². The molecular weight excluding hydrogens is 388 g/mol. The molecule has 152 valence electrons. The maximum absolute atomic E-state index is 12.7. The normalized spacial score (nSPS) is 10.9. The summed E-state index contributed by atoms with van der Waals surface area (Å²) in [4.78, 5) is 39.2. The second-order valence-corrected chi connectivity index (χ2v) is 6.21. The molecule has 0 atom stereocenters. The fraction of sp³-hybridized carbons (Fsp3) is 0.136. The number of hydrogen-bond donors (Lipinski definition) is 0. The lowest BCUT2D eigenvalue weighted by Crippen LogP contribution is -2.13. The molecule has 0 saturated carbocycles. The van der Waals surface area contributed by atoms with Gasteiger partial charge in [0.2, 0.25) is 0 Å². The number of nitro benzene ring substituents is 1. The first-order chi connectivity index (χ1) is 14.4. The minimum atomic E-state index is -0.671. The Bertz CT molecular complexity index is 1150. The molecule has 2 aromatic carbocycles. The molecule has 0 aliphatic rings. The molecule has 8 nitrogen and oxygen atoms in total. The molecule has 0 saturated heterocycles. The molecule has 0 amide bonds. The first kappa shape index (κ1) is 20.7. The van der Waals surface area contributed by atoms with Crippen LogP contribution in [0.25, 0.3) is 23.1 Å². The van der Waals surface area contributed by atoms with E-state index < -0.39 is 16.9 Å². The smallest absolute Gasteiger partial charge is 0.344 e.